The minimum atomic E-state index is -0.356. The van der Waals surface area contributed by atoms with Gasteiger partial charge in [0, 0.05) is 16.6 Å². The van der Waals surface area contributed by atoms with E-state index in [0.29, 0.717) is 0 Å². The predicted octanol–water partition coefficient (Wildman–Crippen LogP) is 2.79. The topological polar surface area (TPSA) is 20.2 Å². The molecule has 3 rings (SSSR count). The van der Waals surface area contributed by atoms with Crippen LogP contribution >= 0.6 is 11.8 Å². The Morgan fingerprint density at radius 2 is 2.27 bits per heavy atom. The molecule has 0 spiro atoms. The van der Waals surface area contributed by atoms with E-state index in [9.17, 15) is 5.11 Å². The van der Waals surface area contributed by atoms with Gasteiger partial charge in [-0.3, -0.25) is 0 Å². The molecule has 1 aromatic carbocycles. The summed E-state index contributed by atoms with van der Waals surface area (Å²) in [5.41, 5.74) is 2.43. The monoisotopic (exact) mass is 220 g/mol. The summed E-state index contributed by atoms with van der Waals surface area (Å²) in [7, 11) is 0. The van der Waals surface area contributed by atoms with E-state index >= 15 is 0 Å². The number of rotatable bonds is 2. The molecular weight excluding hydrogens is 204 g/mol. The highest BCUT2D eigenvalue weighted by Crippen LogP contribution is 2.41. The van der Waals surface area contributed by atoms with Crippen LogP contribution in [0.25, 0.3) is 0 Å². The molecule has 1 N–H and O–H groups in total. The van der Waals surface area contributed by atoms with Crippen molar-refractivity contribution in [3.63, 3.8) is 0 Å². The minimum absolute atomic E-state index is 0.356. The van der Waals surface area contributed by atoms with Crippen molar-refractivity contribution >= 4 is 11.8 Å². The Hall–Kier alpha value is -0.470. The van der Waals surface area contributed by atoms with Crippen LogP contribution in [0, 0.1) is 0 Å². The highest BCUT2D eigenvalue weighted by molar-refractivity contribution is 8.00. The molecule has 2 heteroatoms. The third-order valence-corrected chi connectivity index (χ3v) is 4.54. The van der Waals surface area contributed by atoms with E-state index in [4.69, 9.17) is 0 Å². The second kappa shape index (κ2) is 3.26. The lowest BCUT2D eigenvalue weighted by Crippen LogP contribution is -2.10. The summed E-state index contributed by atoms with van der Waals surface area (Å²) in [5, 5.41) is 10.6. The highest BCUT2D eigenvalue weighted by Gasteiger charge is 2.40. The summed E-state index contributed by atoms with van der Waals surface area (Å²) in [6.45, 7) is 2.28. The van der Waals surface area contributed by atoms with Crippen molar-refractivity contribution in [3.05, 3.63) is 29.3 Å². The van der Waals surface area contributed by atoms with Crippen molar-refractivity contribution in [1.29, 1.82) is 0 Å². The van der Waals surface area contributed by atoms with Gasteiger partial charge >= 0.3 is 0 Å². The largest absolute Gasteiger partial charge is 0.390 e. The fraction of sp³-hybridized carbons (Fsp3) is 0.538. The van der Waals surface area contributed by atoms with Gasteiger partial charge in [0.25, 0.3) is 0 Å². The SMILES string of the molecule is CC1Cc2cc(CC3(O)CC3)ccc2S1. The number of thioether (sulfide) groups is 1. The number of fused-ring (bicyclic) bond motifs is 1. The maximum absolute atomic E-state index is 9.88. The van der Waals surface area contributed by atoms with Crippen LogP contribution < -0.4 is 0 Å². The Morgan fingerprint density at radius 1 is 1.47 bits per heavy atom. The first kappa shape index (κ1) is 9.73. The molecule has 1 saturated carbocycles. The lowest BCUT2D eigenvalue weighted by atomic mass is 10.0. The number of aliphatic hydroxyl groups is 1. The molecule has 1 aliphatic carbocycles. The summed E-state index contributed by atoms with van der Waals surface area (Å²) in [5.74, 6) is 0. The number of benzene rings is 1. The third kappa shape index (κ3) is 1.93. The third-order valence-electron chi connectivity index (χ3n) is 3.32. The van der Waals surface area contributed by atoms with Crippen LogP contribution in [0.5, 0.6) is 0 Å². The van der Waals surface area contributed by atoms with Crippen molar-refractivity contribution in [2.45, 2.75) is 48.4 Å². The predicted molar refractivity (Wildman–Crippen MR) is 63.4 cm³/mol. The van der Waals surface area contributed by atoms with E-state index in [-0.39, 0.29) is 5.60 Å². The zero-order valence-corrected chi connectivity index (χ0v) is 9.81. The Bertz CT molecular complexity index is 396. The molecule has 0 saturated heterocycles. The fourth-order valence-corrected chi connectivity index (χ4v) is 3.42. The van der Waals surface area contributed by atoms with E-state index in [1.807, 2.05) is 11.8 Å². The van der Waals surface area contributed by atoms with E-state index in [1.54, 1.807) is 0 Å². The highest BCUT2D eigenvalue weighted by atomic mass is 32.2. The number of hydrogen-bond acceptors (Lipinski definition) is 2. The van der Waals surface area contributed by atoms with Crippen LogP contribution in [0.3, 0.4) is 0 Å². The van der Waals surface area contributed by atoms with Crippen molar-refractivity contribution < 1.29 is 5.11 Å². The maximum atomic E-state index is 9.88. The van der Waals surface area contributed by atoms with E-state index in [0.717, 1.165) is 24.5 Å². The van der Waals surface area contributed by atoms with Gasteiger partial charge < -0.3 is 5.11 Å². The zero-order valence-electron chi connectivity index (χ0n) is 8.99. The van der Waals surface area contributed by atoms with Crippen molar-refractivity contribution in [2.75, 3.05) is 0 Å². The Balaban J connectivity index is 1.83. The van der Waals surface area contributed by atoms with Crippen molar-refractivity contribution in [3.8, 4) is 0 Å². The molecule has 0 amide bonds. The molecule has 1 atom stereocenters. The molecule has 15 heavy (non-hydrogen) atoms. The van der Waals surface area contributed by atoms with E-state index in [1.165, 1.54) is 22.4 Å². The molecule has 1 aliphatic heterocycles. The van der Waals surface area contributed by atoms with Gasteiger partial charge in [0.2, 0.25) is 0 Å². The smallest absolute Gasteiger partial charge is 0.0690 e. The van der Waals surface area contributed by atoms with Crippen LogP contribution in [-0.2, 0) is 12.8 Å². The summed E-state index contributed by atoms with van der Waals surface area (Å²) >= 11 is 1.97. The summed E-state index contributed by atoms with van der Waals surface area (Å²) < 4.78 is 0. The molecule has 1 nitrogen and oxygen atoms in total. The van der Waals surface area contributed by atoms with Gasteiger partial charge in [-0.25, -0.2) is 0 Å². The maximum Gasteiger partial charge on any atom is 0.0690 e. The molecule has 1 heterocycles. The van der Waals surface area contributed by atoms with Gasteiger partial charge in [-0.1, -0.05) is 19.1 Å². The number of hydrogen-bond donors (Lipinski definition) is 1. The van der Waals surface area contributed by atoms with Crippen molar-refractivity contribution in [1.82, 2.24) is 0 Å². The van der Waals surface area contributed by atoms with Gasteiger partial charge in [0.05, 0.1) is 5.60 Å². The summed E-state index contributed by atoms with van der Waals surface area (Å²) in [6, 6.07) is 6.70. The van der Waals surface area contributed by atoms with Crippen LogP contribution in [0.15, 0.2) is 23.1 Å². The standard InChI is InChI=1S/C13H16OS/c1-9-6-11-7-10(2-3-12(11)15-9)8-13(14)4-5-13/h2-3,7,9,14H,4-6,8H2,1H3. The summed E-state index contributed by atoms with van der Waals surface area (Å²) in [4.78, 5) is 1.44. The molecule has 1 unspecified atom stereocenters. The first-order valence-electron chi connectivity index (χ1n) is 5.65. The zero-order chi connectivity index (χ0) is 10.5. The lowest BCUT2D eigenvalue weighted by Gasteiger charge is -2.08. The van der Waals surface area contributed by atoms with Gasteiger partial charge in [-0.2, -0.15) is 0 Å². The second-order valence-corrected chi connectivity index (χ2v) is 6.46. The Kier molecular flexibility index (Phi) is 2.12. The molecular formula is C13H16OS. The summed E-state index contributed by atoms with van der Waals surface area (Å²) in [6.07, 6.45) is 4.00. The molecule has 0 radical (unpaired) electrons. The molecule has 0 aromatic heterocycles. The van der Waals surface area contributed by atoms with Crippen molar-refractivity contribution in [2.24, 2.45) is 0 Å². The lowest BCUT2D eigenvalue weighted by molar-refractivity contribution is 0.151. The first-order valence-corrected chi connectivity index (χ1v) is 6.53. The fourth-order valence-electron chi connectivity index (χ4n) is 2.29. The van der Waals surface area contributed by atoms with E-state index < -0.39 is 0 Å². The normalized spacial score (nSPS) is 26.4. The van der Waals surface area contributed by atoms with Gasteiger partial charge in [0.15, 0.2) is 0 Å². The second-order valence-electron chi connectivity index (χ2n) is 4.98. The first-order chi connectivity index (χ1) is 7.15. The van der Waals surface area contributed by atoms with E-state index in [2.05, 4.69) is 25.1 Å². The molecule has 1 fully saturated rings. The quantitative estimate of drug-likeness (QED) is 0.827. The van der Waals surface area contributed by atoms with Crippen LogP contribution in [-0.4, -0.2) is 16.0 Å². The molecule has 80 valence electrons. The van der Waals surface area contributed by atoms with Crippen LogP contribution in [0.1, 0.15) is 30.9 Å². The van der Waals surface area contributed by atoms with Crippen LogP contribution in [0.2, 0.25) is 0 Å². The molecule has 2 aliphatic rings. The average molecular weight is 220 g/mol. The Morgan fingerprint density at radius 3 is 3.00 bits per heavy atom. The molecule has 1 aromatic rings. The minimum Gasteiger partial charge on any atom is -0.390 e. The Labute approximate surface area is 94.9 Å². The van der Waals surface area contributed by atoms with Crippen LogP contribution in [0.4, 0.5) is 0 Å². The van der Waals surface area contributed by atoms with Gasteiger partial charge in [-0.15, -0.1) is 11.8 Å². The van der Waals surface area contributed by atoms with Gasteiger partial charge in [0.1, 0.15) is 0 Å². The van der Waals surface area contributed by atoms with Gasteiger partial charge in [-0.05, 0) is 36.5 Å². The average Bonchev–Trinajstić information content (AvgIpc) is 2.76. The molecule has 0 bridgehead atoms.